The summed E-state index contributed by atoms with van der Waals surface area (Å²) in [6.45, 7) is 2.14. The van der Waals surface area contributed by atoms with Crippen molar-refractivity contribution >= 4 is 11.9 Å². The number of carbonyl (C=O) groups is 2. The minimum atomic E-state index is -1.83. The molecule has 2 rings (SSSR count). The summed E-state index contributed by atoms with van der Waals surface area (Å²) in [6.07, 6.45) is 6.24. The molecule has 0 saturated heterocycles. The van der Waals surface area contributed by atoms with E-state index in [-0.39, 0.29) is 71.1 Å². The molecule has 31 heavy (non-hydrogen) atoms. The molecular formula is C24H28Na2O5. The minimum absolute atomic E-state index is 0. The smallest absolute Gasteiger partial charge is 0.550 e. The molecule has 0 amide bonds. The van der Waals surface area contributed by atoms with Crippen molar-refractivity contribution in [1.29, 1.82) is 0 Å². The van der Waals surface area contributed by atoms with Crippen LogP contribution in [0.4, 0.5) is 0 Å². The fraction of sp³-hybridized carbons (Fsp3) is 0.417. The summed E-state index contributed by atoms with van der Waals surface area (Å²) in [6, 6.07) is 14.1. The van der Waals surface area contributed by atoms with Gasteiger partial charge in [-0.1, -0.05) is 100 Å². The van der Waals surface area contributed by atoms with Crippen molar-refractivity contribution in [3.8, 4) is 0 Å². The molecule has 0 aromatic heterocycles. The van der Waals surface area contributed by atoms with Gasteiger partial charge < -0.3 is 24.9 Å². The van der Waals surface area contributed by atoms with Gasteiger partial charge in [-0.3, -0.25) is 0 Å². The van der Waals surface area contributed by atoms with E-state index in [4.69, 9.17) is 0 Å². The number of aliphatic carboxylic acids is 1. The van der Waals surface area contributed by atoms with Crippen LogP contribution in [0.25, 0.3) is 0 Å². The Morgan fingerprint density at radius 3 is 1.87 bits per heavy atom. The Hall–Kier alpha value is -0.660. The predicted octanol–water partition coefficient (Wildman–Crippen LogP) is -3.59. The fourth-order valence-electron chi connectivity index (χ4n) is 3.75. The summed E-state index contributed by atoms with van der Waals surface area (Å²) in [5.41, 5.74) is -1.12. The van der Waals surface area contributed by atoms with Crippen molar-refractivity contribution in [1.82, 2.24) is 0 Å². The Morgan fingerprint density at radius 2 is 1.35 bits per heavy atom. The first-order valence-electron chi connectivity index (χ1n) is 10.2. The van der Waals surface area contributed by atoms with Crippen molar-refractivity contribution < 1.29 is 84.0 Å². The van der Waals surface area contributed by atoms with Crippen LogP contribution in [-0.4, -0.2) is 17.0 Å². The predicted molar refractivity (Wildman–Crippen MR) is 107 cm³/mol. The van der Waals surface area contributed by atoms with Crippen LogP contribution in [0, 0.1) is 5.92 Å². The van der Waals surface area contributed by atoms with Crippen LogP contribution in [-0.2, 0) is 10.4 Å². The van der Waals surface area contributed by atoms with E-state index in [1.54, 1.807) is 30.3 Å². The first kappa shape index (κ1) is 30.3. The zero-order valence-corrected chi connectivity index (χ0v) is 22.8. The number of rotatable bonds is 12. The average Bonchev–Trinajstić information content (AvgIpc) is 2.73. The van der Waals surface area contributed by atoms with Crippen molar-refractivity contribution in [3.05, 3.63) is 71.3 Å². The molecular weight excluding hydrogens is 414 g/mol. The molecule has 0 aliphatic carbocycles. The van der Waals surface area contributed by atoms with Gasteiger partial charge in [0.2, 0.25) is 0 Å². The molecule has 2 unspecified atom stereocenters. The number of carbonyl (C=O) groups excluding carboxylic acids is 2. The van der Waals surface area contributed by atoms with Gasteiger partial charge in [-0.25, -0.2) is 0 Å². The second-order valence-corrected chi connectivity index (χ2v) is 7.43. The van der Waals surface area contributed by atoms with Gasteiger partial charge in [-0.2, -0.15) is 0 Å². The van der Waals surface area contributed by atoms with E-state index in [1.807, 2.05) is 0 Å². The van der Waals surface area contributed by atoms with E-state index in [0.717, 1.165) is 32.1 Å². The van der Waals surface area contributed by atoms with E-state index in [2.05, 4.69) is 6.92 Å². The van der Waals surface area contributed by atoms with Gasteiger partial charge in [0.15, 0.2) is 0 Å². The number of hydrogen-bond acceptors (Lipinski definition) is 5. The first-order valence-corrected chi connectivity index (χ1v) is 10.2. The van der Waals surface area contributed by atoms with Crippen LogP contribution in [0.1, 0.15) is 73.4 Å². The van der Waals surface area contributed by atoms with Gasteiger partial charge in [0.25, 0.3) is 0 Å². The third kappa shape index (κ3) is 8.32. The number of unbranched alkanes of at least 4 members (excludes halogenated alkanes) is 5. The summed E-state index contributed by atoms with van der Waals surface area (Å²) in [5.74, 6) is -3.82. The molecule has 7 heteroatoms. The molecule has 0 aliphatic heterocycles. The molecule has 0 bridgehead atoms. The van der Waals surface area contributed by atoms with Crippen molar-refractivity contribution in [2.24, 2.45) is 5.92 Å². The zero-order valence-electron chi connectivity index (χ0n) is 18.8. The molecule has 0 aliphatic rings. The van der Waals surface area contributed by atoms with Gasteiger partial charge in [0.1, 0.15) is 5.60 Å². The molecule has 2 aromatic carbocycles. The molecule has 1 N–H and O–H groups in total. The van der Waals surface area contributed by atoms with E-state index in [1.165, 1.54) is 24.3 Å². The molecule has 2 atom stereocenters. The van der Waals surface area contributed by atoms with Crippen LogP contribution in [0.15, 0.2) is 54.6 Å². The molecule has 0 heterocycles. The van der Waals surface area contributed by atoms with Crippen LogP contribution >= 0.6 is 0 Å². The summed E-state index contributed by atoms with van der Waals surface area (Å²) >= 11 is 0. The second kappa shape index (κ2) is 15.2. The monoisotopic (exact) mass is 442 g/mol. The van der Waals surface area contributed by atoms with Crippen LogP contribution in [0.5, 0.6) is 0 Å². The minimum Gasteiger partial charge on any atom is -0.550 e. The average molecular weight is 442 g/mol. The molecule has 0 spiro atoms. The van der Waals surface area contributed by atoms with Crippen LogP contribution < -0.4 is 69.3 Å². The molecule has 5 nitrogen and oxygen atoms in total. The van der Waals surface area contributed by atoms with Gasteiger partial charge in [0.05, 0.1) is 5.97 Å². The third-order valence-corrected chi connectivity index (χ3v) is 5.41. The second-order valence-electron chi connectivity index (χ2n) is 7.43. The molecule has 156 valence electrons. The third-order valence-electron chi connectivity index (χ3n) is 5.41. The number of hydrogen-bond donors (Lipinski definition) is 1. The van der Waals surface area contributed by atoms with Crippen molar-refractivity contribution in [3.63, 3.8) is 0 Å². The maximum Gasteiger partial charge on any atom is 1.00 e. The number of carboxylic acid groups (broad SMARTS) is 2. The fourth-order valence-corrected chi connectivity index (χ4v) is 3.75. The van der Waals surface area contributed by atoms with E-state index in [0.29, 0.717) is 17.5 Å². The van der Waals surface area contributed by atoms with Gasteiger partial charge >= 0.3 is 59.1 Å². The van der Waals surface area contributed by atoms with Gasteiger partial charge in [0, 0.05) is 11.9 Å². The molecule has 0 saturated carbocycles. The van der Waals surface area contributed by atoms with E-state index < -0.39 is 23.5 Å². The number of benzene rings is 2. The number of aliphatic hydroxyl groups is 1. The SMILES string of the molecule is CCCCCCCCC(C(=O)[O-])C(O)(c1ccccc1)c1ccc(C(=O)[O-])cc1.[Na+].[Na+]. The Labute approximate surface area is 228 Å². The zero-order chi connectivity index (χ0) is 21.3. The maximum atomic E-state index is 12.1. The Kier molecular flexibility index (Phi) is 14.9. The van der Waals surface area contributed by atoms with Crippen LogP contribution in [0.2, 0.25) is 0 Å². The largest absolute Gasteiger partial charge is 1.00 e. The van der Waals surface area contributed by atoms with Crippen LogP contribution in [0.3, 0.4) is 0 Å². The standard InChI is InChI=1S/C24H30O5.2Na/c1-2-3-4-5-6-10-13-21(23(27)28)24(29,19-11-8-7-9-12-19)20-16-14-18(15-17-20)22(25)26;;/h7-9,11-12,14-17,21,29H,2-6,10,13H2,1H3,(H,25,26)(H,27,28);;/q;2*+1/p-2. The van der Waals surface area contributed by atoms with E-state index >= 15 is 0 Å². The van der Waals surface area contributed by atoms with Crippen molar-refractivity contribution in [2.45, 2.75) is 57.5 Å². The van der Waals surface area contributed by atoms with Crippen molar-refractivity contribution in [2.75, 3.05) is 0 Å². The Bertz CT molecular complexity index is 795. The molecule has 0 radical (unpaired) electrons. The Balaban J connectivity index is 0.00000450. The first-order chi connectivity index (χ1) is 13.9. The quantitative estimate of drug-likeness (QED) is 0.271. The summed E-state index contributed by atoms with van der Waals surface area (Å²) < 4.78 is 0. The molecule has 2 aromatic rings. The Morgan fingerprint density at radius 1 is 0.839 bits per heavy atom. The molecule has 0 fully saturated rings. The normalized spacial score (nSPS) is 13.2. The van der Waals surface area contributed by atoms with Gasteiger partial charge in [-0.05, 0) is 23.1 Å². The topological polar surface area (TPSA) is 100 Å². The summed E-state index contributed by atoms with van der Waals surface area (Å²) in [7, 11) is 0. The number of aromatic carboxylic acids is 1. The number of carboxylic acids is 2. The van der Waals surface area contributed by atoms with E-state index in [9.17, 15) is 24.9 Å². The maximum absolute atomic E-state index is 12.1. The summed E-state index contributed by atoms with van der Waals surface area (Å²) in [5, 5.41) is 34.8. The van der Waals surface area contributed by atoms with Gasteiger partial charge in [-0.15, -0.1) is 0 Å². The summed E-state index contributed by atoms with van der Waals surface area (Å²) in [4.78, 5) is 23.1.